The third-order valence-electron chi connectivity index (χ3n) is 9.32. The maximum absolute atomic E-state index is 14.5. The SMILES string of the molecule is CN1C(=O)[C@@H](F)C[C@]2(C)C3CC[C@]4(C)[C@@H](O)CC[C@@]4(C)C3CC[C@@H]12. The van der Waals surface area contributed by atoms with Gasteiger partial charge >= 0.3 is 0 Å². The van der Waals surface area contributed by atoms with E-state index < -0.39 is 6.17 Å². The van der Waals surface area contributed by atoms with Crippen LogP contribution in [0.1, 0.15) is 65.7 Å². The highest BCUT2D eigenvalue weighted by Crippen LogP contribution is 2.70. The summed E-state index contributed by atoms with van der Waals surface area (Å²) in [6.07, 6.45) is 5.02. The van der Waals surface area contributed by atoms with Crippen LogP contribution in [0.15, 0.2) is 0 Å². The lowest BCUT2D eigenvalue weighted by molar-refractivity contribution is -0.185. The van der Waals surface area contributed by atoms with Gasteiger partial charge in [-0.3, -0.25) is 4.79 Å². The molecule has 1 heterocycles. The second-order valence-corrected chi connectivity index (χ2v) is 9.86. The Morgan fingerprint density at radius 3 is 2.42 bits per heavy atom. The fourth-order valence-corrected chi connectivity index (χ4v) is 7.58. The molecular formula is C20H32FNO2. The summed E-state index contributed by atoms with van der Waals surface area (Å²) < 4.78 is 14.5. The Kier molecular flexibility index (Phi) is 3.47. The van der Waals surface area contributed by atoms with Crippen molar-refractivity contribution in [2.24, 2.45) is 28.1 Å². The third kappa shape index (κ3) is 1.79. The molecule has 4 aliphatic rings. The highest BCUT2D eigenvalue weighted by atomic mass is 19.1. The molecule has 8 atom stereocenters. The van der Waals surface area contributed by atoms with Crippen LogP contribution in [0.25, 0.3) is 0 Å². The van der Waals surface area contributed by atoms with Crippen LogP contribution in [-0.2, 0) is 4.79 Å². The average molecular weight is 337 g/mol. The van der Waals surface area contributed by atoms with Gasteiger partial charge in [-0.1, -0.05) is 20.8 Å². The van der Waals surface area contributed by atoms with Crippen molar-refractivity contribution in [3.8, 4) is 0 Å². The Balaban J connectivity index is 1.72. The van der Waals surface area contributed by atoms with E-state index in [-0.39, 0.29) is 34.3 Å². The Morgan fingerprint density at radius 2 is 1.71 bits per heavy atom. The lowest BCUT2D eigenvalue weighted by Crippen LogP contribution is -2.65. The number of rotatable bonds is 0. The molecule has 4 fully saturated rings. The Bertz CT molecular complexity index is 568. The normalized spacial score (nSPS) is 57.3. The van der Waals surface area contributed by atoms with Crippen LogP contribution in [-0.4, -0.2) is 41.3 Å². The number of alkyl halides is 1. The number of nitrogens with zero attached hydrogens (tertiary/aromatic N) is 1. The highest BCUT2D eigenvalue weighted by Gasteiger charge is 2.66. The number of halogens is 1. The molecule has 0 spiro atoms. The lowest BCUT2D eigenvalue weighted by atomic mass is 9.42. The molecule has 24 heavy (non-hydrogen) atoms. The van der Waals surface area contributed by atoms with E-state index in [9.17, 15) is 14.3 Å². The number of hydrogen-bond donors (Lipinski definition) is 1. The number of aliphatic hydroxyl groups excluding tert-OH is 1. The molecule has 136 valence electrons. The Morgan fingerprint density at radius 1 is 1.04 bits per heavy atom. The van der Waals surface area contributed by atoms with E-state index in [1.807, 2.05) is 0 Å². The van der Waals surface area contributed by atoms with E-state index >= 15 is 0 Å². The summed E-state index contributed by atoms with van der Waals surface area (Å²) in [5, 5.41) is 10.6. The van der Waals surface area contributed by atoms with Gasteiger partial charge in [0, 0.05) is 13.1 Å². The molecule has 3 aliphatic carbocycles. The number of amides is 1. The number of aliphatic hydroxyl groups is 1. The van der Waals surface area contributed by atoms with E-state index in [2.05, 4.69) is 20.8 Å². The van der Waals surface area contributed by atoms with Gasteiger partial charge in [0.2, 0.25) is 0 Å². The van der Waals surface area contributed by atoms with E-state index in [1.165, 1.54) is 0 Å². The zero-order valence-corrected chi connectivity index (χ0v) is 15.5. The van der Waals surface area contributed by atoms with Gasteiger partial charge in [0.25, 0.3) is 5.91 Å². The molecule has 4 heteroatoms. The minimum absolute atomic E-state index is 0.00284. The topological polar surface area (TPSA) is 40.5 Å². The predicted octanol–water partition coefficient (Wildman–Crippen LogP) is 3.55. The summed E-state index contributed by atoms with van der Waals surface area (Å²) in [7, 11) is 1.80. The molecule has 3 saturated carbocycles. The highest BCUT2D eigenvalue weighted by molar-refractivity contribution is 5.82. The fraction of sp³-hybridized carbons (Fsp3) is 0.950. The zero-order valence-electron chi connectivity index (χ0n) is 15.5. The van der Waals surface area contributed by atoms with E-state index in [0.717, 1.165) is 38.5 Å². The van der Waals surface area contributed by atoms with E-state index in [0.29, 0.717) is 18.3 Å². The van der Waals surface area contributed by atoms with Gasteiger partial charge in [0.15, 0.2) is 6.17 Å². The van der Waals surface area contributed by atoms with Crippen molar-refractivity contribution in [3.05, 3.63) is 0 Å². The maximum Gasteiger partial charge on any atom is 0.257 e. The van der Waals surface area contributed by atoms with Crippen molar-refractivity contribution in [1.82, 2.24) is 4.90 Å². The summed E-state index contributed by atoms with van der Waals surface area (Å²) in [4.78, 5) is 13.9. The molecule has 3 nitrogen and oxygen atoms in total. The number of hydrogen-bond acceptors (Lipinski definition) is 2. The number of fused-ring (bicyclic) bond motifs is 5. The largest absolute Gasteiger partial charge is 0.393 e. The summed E-state index contributed by atoms with van der Waals surface area (Å²) in [5.41, 5.74) is 0.0287. The molecule has 0 bridgehead atoms. The first-order valence-electron chi connectivity index (χ1n) is 9.74. The molecule has 1 amide bonds. The molecule has 1 aliphatic heterocycles. The van der Waals surface area contributed by atoms with Crippen molar-refractivity contribution in [2.45, 2.75) is 84.0 Å². The summed E-state index contributed by atoms with van der Waals surface area (Å²) in [6, 6.07) is 0.178. The quantitative estimate of drug-likeness (QED) is 0.734. The summed E-state index contributed by atoms with van der Waals surface area (Å²) in [6.45, 7) is 6.90. The molecule has 4 rings (SSSR count). The molecule has 0 aromatic rings. The first kappa shape index (κ1) is 16.8. The lowest BCUT2D eigenvalue weighted by Gasteiger charge is -2.65. The van der Waals surface area contributed by atoms with Crippen LogP contribution in [0.3, 0.4) is 0 Å². The van der Waals surface area contributed by atoms with E-state index in [4.69, 9.17) is 0 Å². The minimum Gasteiger partial charge on any atom is -0.393 e. The van der Waals surface area contributed by atoms with Crippen molar-refractivity contribution >= 4 is 5.91 Å². The Labute approximate surface area is 145 Å². The minimum atomic E-state index is -1.34. The van der Waals surface area contributed by atoms with Crippen LogP contribution in [0, 0.1) is 28.1 Å². The smallest absolute Gasteiger partial charge is 0.257 e. The van der Waals surface area contributed by atoms with Crippen LogP contribution >= 0.6 is 0 Å². The average Bonchev–Trinajstić information content (AvgIpc) is 2.77. The van der Waals surface area contributed by atoms with Crippen LogP contribution < -0.4 is 0 Å². The van der Waals surface area contributed by atoms with Gasteiger partial charge in [-0.2, -0.15) is 0 Å². The van der Waals surface area contributed by atoms with Crippen molar-refractivity contribution in [3.63, 3.8) is 0 Å². The van der Waals surface area contributed by atoms with Gasteiger partial charge in [0.1, 0.15) is 0 Å². The maximum atomic E-state index is 14.5. The van der Waals surface area contributed by atoms with Gasteiger partial charge in [0.05, 0.1) is 6.10 Å². The second-order valence-electron chi connectivity index (χ2n) is 9.86. The van der Waals surface area contributed by atoms with Crippen LogP contribution in [0.4, 0.5) is 4.39 Å². The monoisotopic (exact) mass is 337 g/mol. The standard InChI is InChI=1S/C20H32FNO2/c1-18-11-14(21)17(24)22(4)15(18)6-5-13-12(18)7-9-20(3)16(23)8-10-19(13,20)2/h12-16,23H,5-11H2,1-4H3/t12?,13?,14-,15+,16-,18+,19-,20+/m0/s1. The Hall–Kier alpha value is -0.640. The summed E-state index contributed by atoms with van der Waals surface area (Å²) in [5.74, 6) is 0.691. The molecule has 1 N–H and O–H groups in total. The summed E-state index contributed by atoms with van der Waals surface area (Å²) >= 11 is 0. The molecule has 0 aromatic carbocycles. The van der Waals surface area contributed by atoms with Crippen molar-refractivity contribution < 1.29 is 14.3 Å². The molecule has 2 unspecified atom stereocenters. The number of likely N-dealkylation sites (tertiary alicyclic amines) is 1. The van der Waals surface area contributed by atoms with E-state index in [1.54, 1.807) is 11.9 Å². The predicted molar refractivity (Wildman–Crippen MR) is 91.1 cm³/mol. The zero-order chi connectivity index (χ0) is 17.5. The van der Waals surface area contributed by atoms with Gasteiger partial charge in [-0.05, 0) is 73.0 Å². The fourth-order valence-electron chi connectivity index (χ4n) is 7.58. The number of carbonyl (C=O) groups excluding carboxylic acids is 1. The molecular weight excluding hydrogens is 305 g/mol. The van der Waals surface area contributed by atoms with Gasteiger partial charge in [-0.15, -0.1) is 0 Å². The number of carbonyl (C=O) groups is 1. The van der Waals surface area contributed by atoms with Gasteiger partial charge < -0.3 is 10.0 Å². The second kappa shape index (κ2) is 4.96. The van der Waals surface area contributed by atoms with Crippen molar-refractivity contribution in [1.29, 1.82) is 0 Å². The first-order valence-corrected chi connectivity index (χ1v) is 9.74. The molecule has 0 aromatic heterocycles. The third-order valence-corrected chi connectivity index (χ3v) is 9.32. The first-order chi connectivity index (χ1) is 11.1. The molecule has 1 saturated heterocycles. The number of piperidine rings is 1. The molecule has 0 radical (unpaired) electrons. The van der Waals surface area contributed by atoms with Gasteiger partial charge in [-0.25, -0.2) is 4.39 Å². The van der Waals surface area contributed by atoms with Crippen molar-refractivity contribution in [2.75, 3.05) is 7.05 Å². The van der Waals surface area contributed by atoms with Crippen LogP contribution in [0.5, 0.6) is 0 Å². The van der Waals surface area contributed by atoms with Crippen LogP contribution in [0.2, 0.25) is 0 Å².